The summed E-state index contributed by atoms with van der Waals surface area (Å²) in [6.07, 6.45) is 16.6. The van der Waals surface area contributed by atoms with Gasteiger partial charge in [0.2, 0.25) is 0 Å². The second-order valence-corrected chi connectivity index (χ2v) is 7.26. The van der Waals surface area contributed by atoms with E-state index in [1.54, 1.807) is 0 Å². The second-order valence-electron chi connectivity index (χ2n) is 7.26. The van der Waals surface area contributed by atoms with Crippen LogP contribution in [0.15, 0.2) is 30.3 Å². The fraction of sp³-hybridized carbons (Fsp3) is 0.739. The number of hydrogen-bond donors (Lipinski definition) is 0. The first-order valence-corrected chi connectivity index (χ1v) is 10.6. The molecule has 0 bridgehead atoms. The number of benzene rings is 1. The quantitative estimate of drug-likeness (QED) is 0.299. The van der Waals surface area contributed by atoms with Gasteiger partial charge in [-0.25, -0.2) is 0 Å². The Bertz CT molecular complexity index is 354. The van der Waals surface area contributed by atoms with Crippen molar-refractivity contribution in [3.8, 4) is 0 Å². The van der Waals surface area contributed by atoms with Gasteiger partial charge in [0.15, 0.2) is 0 Å². The first-order valence-electron chi connectivity index (χ1n) is 10.6. The summed E-state index contributed by atoms with van der Waals surface area (Å²) >= 11 is 0. The Hall–Kier alpha value is -0.820. The Balaban J connectivity index is 1.83. The molecule has 0 aliphatic carbocycles. The van der Waals surface area contributed by atoms with Crippen molar-refractivity contribution < 1.29 is 0 Å². The van der Waals surface area contributed by atoms with Crippen molar-refractivity contribution in [3.63, 3.8) is 0 Å². The van der Waals surface area contributed by atoms with Gasteiger partial charge in [0.25, 0.3) is 0 Å². The summed E-state index contributed by atoms with van der Waals surface area (Å²) in [5.74, 6) is 0. The lowest BCUT2D eigenvalue weighted by Gasteiger charge is -2.20. The number of nitrogens with zero attached hydrogens (tertiary/aromatic N) is 1. The minimum Gasteiger partial charge on any atom is -0.303 e. The topological polar surface area (TPSA) is 3.24 Å². The molecule has 0 heterocycles. The Morgan fingerprint density at radius 2 is 1.08 bits per heavy atom. The van der Waals surface area contributed by atoms with Crippen LogP contribution in [0.25, 0.3) is 0 Å². The van der Waals surface area contributed by atoms with Crippen LogP contribution in [0.1, 0.15) is 90.0 Å². The molecule has 0 saturated heterocycles. The largest absolute Gasteiger partial charge is 0.303 e. The van der Waals surface area contributed by atoms with E-state index in [2.05, 4.69) is 49.1 Å². The van der Waals surface area contributed by atoms with Gasteiger partial charge in [-0.1, -0.05) is 89.1 Å². The maximum absolute atomic E-state index is 2.65. The minimum absolute atomic E-state index is 1.26. The zero-order valence-corrected chi connectivity index (χ0v) is 16.4. The van der Waals surface area contributed by atoms with E-state index < -0.39 is 0 Å². The molecular formula is C23H41N. The highest BCUT2D eigenvalue weighted by Crippen LogP contribution is 2.12. The van der Waals surface area contributed by atoms with Crippen molar-refractivity contribution in [1.29, 1.82) is 0 Å². The Labute approximate surface area is 151 Å². The predicted octanol–water partition coefficient (Wildman–Crippen LogP) is 6.86. The van der Waals surface area contributed by atoms with Crippen LogP contribution in [0.5, 0.6) is 0 Å². The van der Waals surface area contributed by atoms with Gasteiger partial charge < -0.3 is 4.90 Å². The molecule has 0 fully saturated rings. The average molecular weight is 332 g/mol. The third kappa shape index (κ3) is 11.7. The molecule has 24 heavy (non-hydrogen) atoms. The summed E-state index contributed by atoms with van der Waals surface area (Å²) in [6, 6.07) is 10.9. The molecule has 0 aliphatic heterocycles. The Morgan fingerprint density at radius 3 is 1.62 bits per heavy atom. The van der Waals surface area contributed by atoms with E-state index in [1.165, 1.54) is 102 Å². The van der Waals surface area contributed by atoms with Crippen LogP contribution in [-0.4, -0.2) is 24.5 Å². The number of rotatable bonds is 16. The van der Waals surface area contributed by atoms with E-state index in [9.17, 15) is 0 Å². The van der Waals surface area contributed by atoms with Gasteiger partial charge in [0.05, 0.1) is 0 Å². The van der Waals surface area contributed by atoms with Crippen molar-refractivity contribution >= 4 is 0 Å². The molecule has 138 valence electrons. The highest BCUT2D eigenvalue weighted by molar-refractivity contribution is 5.14. The van der Waals surface area contributed by atoms with Gasteiger partial charge in [-0.3, -0.25) is 0 Å². The SMILES string of the molecule is CCCN(CCC)CCCCCCCCCCCc1ccccc1. The average Bonchev–Trinajstić information content (AvgIpc) is 2.61. The summed E-state index contributed by atoms with van der Waals surface area (Å²) in [6.45, 7) is 8.49. The lowest BCUT2D eigenvalue weighted by Crippen LogP contribution is -2.26. The van der Waals surface area contributed by atoms with Crippen LogP contribution in [-0.2, 0) is 6.42 Å². The molecule has 0 spiro atoms. The first kappa shape index (κ1) is 21.2. The molecule has 1 rings (SSSR count). The molecule has 0 radical (unpaired) electrons. The van der Waals surface area contributed by atoms with E-state index in [0.717, 1.165) is 0 Å². The van der Waals surface area contributed by atoms with Crippen molar-refractivity contribution in [3.05, 3.63) is 35.9 Å². The number of aryl methyl sites for hydroxylation is 1. The Morgan fingerprint density at radius 1 is 0.583 bits per heavy atom. The van der Waals surface area contributed by atoms with Crippen LogP contribution in [0.4, 0.5) is 0 Å². The molecule has 0 N–H and O–H groups in total. The van der Waals surface area contributed by atoms with E-state index in [-0.39, 0.29) is 0 Å². The third-order valence-corrected chi connectivity index (χ3v) is 4.86. The molecular weight excluding hydrogens is 290 g/mol. The fourth-order valence-electron chi connectivity index (χ4n) is 3.51. The molecule has 0 aromatic heterocycles. The number of hydrogen-bond acceptors (Lipinski definition) is 1. The zero-order chi connectivity index (χ0) is 17.3. The van der Waals surface area contributed by atoms with E-state index in [0.29, 0.717) is 0 Å². The zero-order valence-electron chi connectivity index (χ0n) is 16.4. The van der Waals surface area contributed by atoms with Crippen molar-refractivity contribution in [1.82, 2.24) is 4.90 Å². The molecule has 1 aromatic rings. The smallest absolute Gasteiger partial charge is 0.00187 e. The maximum atomic E-state index is 2.65. The standard InChI is InChI=1S/C23H41N/c1-3-20-24(21-4-2)22-16-11-9-7-5-6-8-10-13-17-23-18-14-12-15-19-23/h12,14-15,18-19H,3-11,13,16-17,20-22H2,1-2H3. The molecule has 1 nitrogen and oxygen atoms in total. The highest BCUT2D eigenvalue weighted by Gasteiger charge is 2.01. The molecule has 0 unspecified atom stereocenters. The minimum atomic E-state index is 1.26. The van der Waals surface area contributed by atoms with E-state index >= 15 is 0 Å². The summed E-state index contributed by atoms with van der Waals surface area (Å²) in [4.78, 5) is 2.65. The molecule has 1 heteroatoms. The van der Waals surface area contributed by atoms with Gasteiger partial charge in [0, 0.05) is 0 Å². The van der Waals surface area contributed by atoms with Crippen molar-refractivity contribution in [2.75, 3.05) is 19.6 Å². The monoisotopic (exact) mass is 331 g/mol. The lowest BCUT2D eigenvalue weighted by molar-refractivity contribution is 0.267. The van der Waals surface area contributed by atoms with E-state index in [1.807, 2.05) is 0 Å². The molecule has 0 amide bonds. The molecule has 0 aliphatic rings. The highest BCUT2D eigenvalue weighted by atomic mass is 15.1. The van der Waals surface area contributed by atoms with Gasteiger partial charge in [-0.2, -0.15) is 0 Å². The summed E-state index contributed by atoms with van der Waals surface area (Å²) < 4.78 is 0. The number of unbranched alkanes of at least 4 members (excludes halogenated alkanes) is 8. The Kier molecular flexibility index (Phi) is 13.9. The van der Waals surface area contributed by atoms with Crippen molar-refractivity contribution in [2.45, 2.75) is 90.9 Å². The second kappa shape index (κ2) is 15.7. The first-order chi connectivity index (χ1) is 11.9. The summed E-state index contributed by atoms with van der Waals surface area (Å²) in [7, 11) is 0. The predicted molar refractivity (Wildman–Crippen MR) is 109 cm³/mol. The normalized spacial score (nSPS) is 11.3. The van der Waals surface area contributed by atoms with Gasteiger partial charge in [0.1, 0.15) is 0 Å². The third-order valence-electron chi connectivity index (χ3n) is 4.86. The molecule has 1 aromatic carbocycles. The van der Waals surface area contributed by atoms with Crippen LogP contribution in [0, 0.1) is 0 Å². The van der Waals surface area contributed by atoms with Crippen LogP contribution < -0.4 is 0 Å². The van der Waals surface area contributed by atoms with Gasteiger partial charge >= 0.3 is 0 Å². The van der Waals surface area contributed by atoms with Crippen LogP contribution in [0.2, 0.25) is 0 Å². The summed E-state index contributed by atoms with van der Waals surface area (Å²) in [5.41, 5.74) is 1.50. The van der Waals surface area contributed by atoms with Gasteiger partial charge in [-0.15, -0.1) is 0 Å². The van der Waals surface area contributed by atoms with Crippen LogP contribution in [0.3, 0.4) is 0 Å². The van der Waals surface area contributed by atoms with Crippen LogP contribution >= 0.6 is 0 Å². The van der Waals surface area contributed by atoms with E-state index in [4.69, 9.17) is 0 Å². The lowest BCUT2D eigenvalue weighted by atomic mass is 10.0. The molecule has 0 saturated carbocycles. The fourth-order valence-corrected chi connectivity index (χ4v) is 3.51. The van der Waals surface area contributed by atoms with Crippen molar-refractivity contribution in [2.24, 2.45) is 0 Å². The van der Waals surface area contributed by atoms with Gasteiger partial charge in [-0.05, 0) is 57.3 Å². The maximum Gasteiger partial charge on any atom is -0.00187 e. The molecule has 0 atom stereocenters. The summed E-state index contributed by atoms with van der Waals surface area (Å²) in [5, 5.41) is 0.